The molecule has 1 aliphatic heterocycles. The van der Waals surface area contributed by atoms with Crippen molar-refractivity contribution in [1.82, 2.24) is 4.90 Å². The van der Waals surface area contributed by atoms with Crippen molar-refractivity contribution in [3.05, 3.63) is 35.4 Å². The van der Waals surface area contributed by atoms with Crippen LogP contribution < -0.4 is 0 Å². The molecular formula is C15H19NO2. The van der Waals surface area contributed by atoms with Crippen LogP contribution in [0.3, 0.4) is 0 Å². The van der Waals surface area contributed by atoms with Gasteiger partial charge in [0.2, 0.25) is 5.91 Å². The molecule has 3 rings (SSSR count). The van der Waals surface area contributed by atoms with E-state index in [1.54, 1.807) is 0 Å². The number of hydrogen-bond acceptors (Lipinski definition) is 2. The van der Waals surface area contributed by atoms with Gasteiger partial charge in [0.1, 0.15) is 0 Å². The lowest BCUT2D eigenvalue weighted by Crippen LogP contribution is -2.37. The largest absolute Gasteiger partial charge is 0.392 e. The van der Waals surface area contributed by atoms with Gasteiger partial charge in [0.05, 0.1) is 12.0 Å². The molecule has 1 N–H and O–H groups in total. The molecule has 2 aliphatic rings. The third-order valence-electron chi connectivity index (χ3n) is 4.21. The van der Waals surface area contributed by atoms with Gasteiger partial charge in [-0.25, -0.2) is 0 Å². The number of nitrogens with zero attached hydrogens (tertiary/aromatic N) is 1. The monoisotopic (exact) mass is 245 g/mol. The van der Waals surface area contributed by atoms with Gasteiger partial charge in [-0.3, -0.25) is 4.79 Å². The molecule has 1 saturated heterocycles. The van der Waals surface area contributed by atoms with Crippen LogP contribution in [0.2, 0.25) is 0 Å². The van der Waals surface area contributed by atoms with Crippen LogP contribution in [0.5, 0.6) is 0 Å². The first-order valence-corrected chi connectivity index (χ1v) is 6.76. The van der Waals surface area contributed by atoms with Crippen LogP contribution in [0.25, 0.3) is 0 Å². The summed E-state index contributed by atoms with van der Waals surface area (Å²) in [7, 11) is 0. The van der Waals surface area contributed by atoms with Gasteiger partial charge >= 0.3 is 0 Å². The van der Waals surface area contributed by atoms with E-state index in [4.69, 9.17) is 0 Å². The maximum atomic E-state index is 12.6. The third kappa shape index (κ3) is 1.83. The summed E-state index contributed by atoms with van der Waals surface area (Å²) in [6.45, 7) is 1.88. The maximum absolute atomic E-state index is 12.6. The Labute approximate surface area is 107 Å². The molecule has 0 aromatic heterocycles. The summed E-state index contributed by atoms with van der Waals surface area (Å²) < 4.78 is 0. The molecule has 0 unspecified atom stereocenters. The molecule has 1 saturated carbocycles. The highest BCUT2D eigenvalue weighted by atomic mass is 16.3. The third-order valence-corrected chi connectivity index (χ3v) is 4.21. The zero-order chi connectivity index (χ0) is 12.6. The Kier molecular flexibility index (Phi) is 2.86. The van der Waals surface area contributed by atoms with Gasteiger partial charge in [-0.2, -0.15) is 0 Å². The number of amides is 1. The summed E-state index contributed by atoms with van der Waals surface area (Å²) in [5.41, 5.74) is 1.72. The van der Waals surface area contributed by atoms with Gasteiger partial charge in [-0.05, 0) is 36.8 Å². The van der Waals surface area contributed by atoms with Crippen molar-refractivity contribution in [3.8, 4) is 0 Å². The summed E-state index contributed by atoms with van der Waals surface area (Å²) in [5.74, 6) is 0.301. The molecule has 1 aromatic carbocycles. The Balaban J connectivity index is 1.87. The van der Waals surface area contributed by atoms with E-state index in [1.807, 2.05) is 29.2 Å². The highest BCUT2D eigenvalue weighted by Gasteiger charge is 2.53. The zero-order valence-electron chi connectivity index (χ0n) is 10.6. The average molecular weight is 245 g/mol. The number of carbonyl (C=O) groups excluding carboxylic acids is 1. The number of aliphatic hydroxyl groups is 1. The number of aliphatic hydroxyl groups excluding tert-OH is 1. The number of hydrogen-bond donors (Lipinski definition) is 1. The second-order valence-electron chi connectivity index (χ2n) is 5.44. The number of benzene rings is 1. The van der Waals surface area contributed by atoms with E-state index in [-0.39, 0.29) is 12.0 Å². The fourth-order valence-electron chi connectivity index (χ4n) is 2.94. The van der Waals surface area contributed by atoms with E-state index in [1.165, 1.54) is 0 Å². The lowest BCUT2D eigenvalue weighted by Gasteiger charge is -2.23. The summed E-state index contributed by atoms with van der Waals surface area (Å²) in [6.07, 6.45) is 4.19. The first kappa shape index (κ1) is 11.7. The van der Waals surface area contributed by atoms with Crippen molar-refractivity contribution in [2.75, 3.05) is 13.1 Å². The highest BCUT2D eigenvalue weighted by molar-refractivity contribution is 5.91. The Morgan fingerprint density at radius 1 is 1.28 bits per heavy atom. The number of rotatable bonds is 3. The first-order chi connectivity index (χ1) is 8.76. The topological polar surface area (TPSA) is 40.5 Å². The predicted octanol–water partition coefficient (Wildman–Crippen LogP) is 1.83. The summed E-state index contributed by atoms with van der Waals surface area (Å²) in [5, 5.41) is 9.20. The second-order valence-corrected chi connectivity index (χ2v) is 5.44. The van der Waals surface area contributed by atoms with E-state index >= 15 is 0 Å². The van der Waals surface area contributed by atoms with E-state index < -0.39 is 0 Å². The predicted molar refractivity (Wildman–Crippen MR) is 69.1 cm³/mol. The molecule has 1 heterocycles. The van der Waals surface area contributed by atoms with Crippen molar-refractivity contribution in [3.63, 3.8) is 0 Å². The van der Waals surface area contributed by atoms with Gasteiger partial charge in [0.15, 0.2) is 0 Å². The van der Waals surface area contributed by atoms with Crippen molar-refractivity contribution in [2.45, 2.75) is 37.7 Å². The van der Waals surface area contributed by atoms with Gasteiger partial charge in [-0.15, -0.1) is 0 Å². The van der Waals surface area contributed by atoms with Crippen LogP contribution in [-0.4, -0.2) is 29.0 Å². The van der Waals surface area contributed by atoms with E-state index in [2.05, 4.69) is 0 Å². The molecule has 1 aliphatic carbocycles. The fourth-order valence-corrected chi connectivity index (χ4v) is 2.94. The molecule has 96 valence electrons. The average Bonchev–Trinajstić information content (AvgIpc) is 3.05. The smallest absolute Gasteiger partial charge is 0.233 e. The fraction of sp³-hybridized carbons (Fsp3) is 0.533. The van der Waals surface area contributed by atoms with Crippen molar-refractivity contribution >= 4 is 5.91 Å². The molecule has 3 nitrogen and oxygen atoms in total. The van der Waals surface area contributed by atoms with Gasteiger partial charge in [0, 0.05) is 13.1 Å². The van der Waals surface area contributed by atoms with Crippen molar-refractivity contribution in [1.29, 1.82) is 0 Å². The van der Waals surface area contributed by atoms with Crippen LogP contribution >= 0.6 is 0 Å². The summed E-state index contributed by atoms with van der Waals surface area (Å²) in [6, 6.07) is 7.86. The zero-order valence-corrected chi connectivity index (χ0v) is 10.6. The van der Waals surface area contributed by atoms with E-state index in [9.17, 15) is 9.90 Å². The standard InChI is InChI=1S/C15H19NO2/c17-11-12-4-3-5-13(10-12)15(6-7-15)14(18)16-8-1-2-9-16/h3-5,10,17H,1-2,6-9,11H2. The Hall–Kier alpha value is -1.35. The van der Waals surface area contributed by atoms with Crippen LogP contribution in [0.4, 0.5) is 0 Å². The molecule has 1 aromatic rings. The van der Waals surface area contributed by atoms with Crippen LogP contribution in [0, 0.1) is 0 Å². The minimum absolute atomic E-state index is 0.0435. The number of likely N-dealkylation sites (tertiary alicyclic amines) is 1. The second kappa shape index (κ2) is 4.39. The summed E-state index contributed by atoms with van der Waals surface area (Å²) in [4.78, 5) is 14.6. The molecule has 0 atom stereocenters. The molecule has 2 fully saturated rings. The van der Waals surface area contributed by atoms with Gasteiger partial charge in [-0.1, -0.05) is 24.3 Å². The molecule has 0 spiro atoms. The lowest BCUT2D eigenvalue weighted by atomic mass is 9.93. The normalized spacial score (nSPS) is 21.1. The highest BCUT2D eigenvalue weighted by Crippen LogP contribution is 2.50. The van der Waals surface area contributed by atoms with Crippen LogP contribution in [-0.2, 0) is 16.8 Å². The van der Waals surface area contributed by atoms with Crippen molar-refractivity contribution < 1.29 is 9.90 Å². The van der Waals surface area contributed by atoms with E-state index in [0.717, 1.165) is 49.9 Å². The minimum Gasteiger partial charge on any atom is -0.392 e. The molecular weight excluding hydrogens is 226 g/mol. The summed E-state index contributed by atoms with van der Waals surface area (Å²) >= 11 is 0. The molecule has 0 bridgehead atoms. The van der Waals surface area contributed by atoms with E-state index in [0.29, 0.717) is 5.91 Å². The molecule has 0 radical (unpaired) electrons. The molecule has 3 heteroatoms. The maximum Gasteiger partial charge on any atom is 0.233 e. The van der Waals surface area contributed by atoms with Gasteiger partial charge < -0.3 is 10.0 Å². The van der Waals surface area contributed by atoms with Crippen LogP contribution in [0.1, 0.15) is 36.8 Å². The molecule has 18 heavy (non-hydrogen) atoms. The van der Waals surface area contributed by atoms with Crippen LogP contribution in [0.15, 0.2) is 24.3 Å². The molecule has 1 amide bonds. The Morgan fingerprint density at radius 3 is 2.61 bits per heavy atom. The number of carbonyl (C=O) groups is 1. The SMILES string of the molecule is O=C(N1CCCC1)C1(c2cccc(CO)c2)CC1. The van der Waals surface area contributed by atoms with Gasteiger partial charge in [0.25, 0.3) is 0 Å². The quantitative estimate of drug-likeness (QED) is 0.882. The lowest BCUT2D eigenvalue weighted by molar-refractivity contribution is -0.132. The van der Waals surface area contributed by atoms with Crippen molar-refractivity contribution in [2.24, 2.45) is 0 Å². The Bertz CT molecular complexity index is 459. The minimum atomic E-state index is -0.268. The Morgan fingerprint density at radius 2 is 2.00 bits per heavy atom. The first-order valence-electron chi connectivity index (χ1n) is 6.76.